The summed E-state index contributed by atoms with van der Waals surface area (Å²) in [5.41, 5.74) is 7.07. The predicted octanol–water partition coefficient (Wildman–Crippen LogP) is 2.54. The van der Waals surface area contributed by atoms with Gasteiger partial charge in [-0.3, -0.25) is 0 Å². The Kier molecular flexibility index (Phi) is 7.47. The largest absolute Gasteiger partial charge is 0.481 e. The minimum absolute atomic E-state index is 0.486. The van der Waals surface area contributed by atoms with Crippen LogP contribution in [0.1, 0.15) is 31.7 Å². The third kappa shape index (κ3) is 5.94. The number of aromatic nitrogens is 3. The number of nitrogens with two attached hydrogens (primary N) is 1. The molecule has 0 spiro atoms. The molecule has 4 N–H and O–H groups in total. The van der Waals surface area contributed by atoms with Gasteiger partial charge in [-0.2, -0.15) is 4.98 Å². The lowest BCUT2D eigenvalue weighted by Crippen LogP contribution is -2.07. The smallest absolute Gasteiger partial charge is 0.229 e. The van der Waals surface area contributed by atoms with E-state index in [9.17, 15) is 0 Å². The van der Waals surface area contributed by atoms with Crippen molar-refractivity contribution in [2.45, 2.75) is 26.2 Å². The zero-order valence-electron chi connectivity index (χ0n) is 14.7. The highest BCUT2D eigenvalue weighted by atomic mass is 16.5. The molecule has 7 heteroatoms. The number of hydrogen-bond donors (Lipinski definition) is 3. The van der Waals surface area contributed by atoms with Gasteiger partial charge in [-0.25, -0.2) is 9.97 Å². The van der Waals surface area contributed by atoms with Crippen LogP contribution in [0.15, 0.2) is 24.5 Å². The lowest BCUT2D eigenvalue weighted by molar-refractivity contribution is 0.398. The number of anilines is 3. The van der Waals surface area contributed by atoms with Crippen molar-refractivity contribution in [2.24, 2.45) is 5.73 Å². The van der Waals surface area contributed by atoms with Crippen molar-refractivity contribution in [1.29, 1.82) is 0 Å². The van der Waals surface area contributed by atoms with E-state index in [0.29, 0.717) is 18.4 Å². The Bertz CT molecular complexity index is 738. The molecular weight excluding hydrogens is 316 g/mol. The van der Waals surface area contributed by atoms with Crippen LogP contribution in [0, 0.1) is 11.8 Å². The molecule has 0 unspecified atom stereocenters. The van der Waals surface area contributed by atoms with E-state index in [1.54, 1.807) is 25.6 Å². The molecule has 25 heavy (non-hydrogen) atoms. The Hall–Kier alpha value is -2.85. The van der Waals surface area contributed by atoms with E-state index in [-0.39, 0.29) is 0 Å². The van der Waals surface area contributed by atoms with Crippen molar-refractivity contribution in [3.05, 3.63) is 30.1 Å². The van der Waals surface area contributed by atoms with Gasteiger partial charge in [0, 0.05) is 30.9 Å². The topological polar surface area (TPSA) is 98.0 Å². The summed E-state index contributed by atoms with van der Waals surface area (Å²) in [6.45, 7) is 3.56. The Morgan fingerprint density at radius 2 is 2.20 bits per heavy atom. The monoisotopic (exact) mass is 340 g/mol. The number of nitrogens with zero attached hydrogens (tertiary/aromatic N) is 3. The molecule has 0 bridgehead atoms. The normalized spacial score (nSPS) is 9.88. The summed E-state index contributed by atoms with van der Waals surface area (Å²) in [7, 11) is 1.58. The van der Waals surface area contributed by atoms with Crippen LogP contribution in [-0.4, -0.2) is 35.2 Å². The first-order chi connectivity index (χ1) is 12.3. The van der Waals surface area contributed by atoms with Gasteiger partial charge in [0.05, 0.1) is 18.9 Å². The first kappa shape index (κ1) is 18.5. The summed E-state index contributed by atoms with van der Waals surface area (Å²) in [4.78, 5) is 13.0. The molecule has 7 nitrogen and oxygen atoms in total. The van der Waals surface area contributed by atoms with Crippen LogP contribution in [0.2, 0.25) is 0 Å². The quantitative estimate of drug-likeness (QED) is 0.502. The number of unbranched alkanes of at least 4 members (excludes halogenated alkanes) is 1. The van der Waals surface area contributed by atoms with Gasteiger partial charge in [-0.15, -0.1) is 0 Å². The predicted molar refractivity (Wildman–Crippen MR) is 100 cm³/mol. The van der Waals surface area contributed by atoms with Crippen LogP contribution in [0.25, 0.3) is 0 Å². The lowest BCUT2D eigenvalue weighted by Gasteiger charge is -2.10. The van der Waals surface area contributed by atoms with E-state index in [0.717, 1.165) is 42.9 Å². The average Bonchev–Trinajstić information content (AvgIpc) is 2.65. The van der Waals surface area contributed by atoms with E-state index in [4.69, 9.17) is 10.5 Å². The first-order valence-corrected chi connectivity index (χ1v) is 8.33. The van der Waals surface area contributed by atoms with Gasteiger partial charge in [0.25, 0.3) is 0 Å². The molecule has 0 aliphatic carbocycles. The molecule has 2 aromatic heterocycles. The maximum atomic E-state index is 5.49. The Labute approximate surface area is 148 Å². The number of ether oxygens (including phenoxy) is 1. The minimum Gasteiger partial charge on any atom is -0.481 e. The average molecular weight is 340 g/mol. The molecule has 0 aliphatic heterocycles. The maximum Gasteiger partial charge on any atom is 0.229 e. The van der Waals surface area contributed by atoms with Crippen LogP contribution in [0.3, 0.4) is 0 Å². The van der Waals surface area contributed by atoms with Crippen LogP contribution in [0.5, 0.6) is 5.88 Å². The molecular formula is C18H24N6O. The van der Waals surface area contributed by atoms with Gasteiger partial charge in [-0.1, -0.05) is 18.8 Å². The number of rotatable bonds is 8. The molecule has 0 saturated carbocycles. The van der Waals surface area contributed by atoms with Crippen molar-refractivity contribution in [1.82, 2.24) is 15.0 Å². The van der Waals surface area contributed by atoms with Crippen LogP contribution < -0.4 is 21.1 Å². The standard InChI is InChI=1S/C18H24N6O/c1-3-10-21-17-14(7-5-4-6-9-19)13-22-18(24-17)23-15-8-11-20-16(12-15)25-2/h8,11-13H,3-4,6,9-10,19H2,1-2H3,(H2,20,21,22,23,24). The summed E-state index contributed by atoms with van der Waals surface area (Å²) < 4.78 is 5.12. The molecule has 0 saturated heterocycles. The van der Waals surface area contributed by atoms with Gasteiger partial charge >= 0.3 is 0 Å². The highest BCUT2D eigenvalue weighted by molar-refractivity contribution is 5.59. The molecule has 132 valence electrons. The van der Waals surface area contributed by atoms with Crippen molar-refractivity contribution in [3.8, 4) is 17.7 Å². The first-order valence-electron chi connectivity index (χ1n) is 8.33. The molecule has 2 aromatic rings. The minimum atomic E-state index is 0.486. The second kappa shape index (κ2) is 10.1. The Balaban J connectivity index is 2.19. The molecule has 0 fully saturated rings. The van der Waals surface area contributed by atoms with Gasteiger partial charge in [-0.05, 0) is 25.5 Å². The third-order valence-corrected chi connectivity index (χ3v) is 3.26. The van der Waals surface area contributed by atoms with E-state index in [1.807, 2.05) is 6.07 Å². The summed E-state index contributed by atoms with van der Waals surface area (Å²) in [5.74, 6) is 7.96. The van der Waals surface area contributed by atoms with E-state index >= 15 is 0 Å². The molecule has 0 aliphatic rings. The number of hydrogen-bond acceptors (Lipinski definition) is 7. The van der Waals surface area contributed by atoms with Crippen molar-refractivity contribution < 1.29 is 4.74 Å². The summed E-state index contributed by atoms with van der Waals surface area (Å²) in [6, 6.07) is 3.61. The van der Waals surface area contributed by atoms with Crippen LogP contribution in [0.4, 0.5) is 17.5 Å². The zero-order valence-corrected chi connectivity index (χ0v) is 14.7. The fourth-order valence-electron chi connectivity index (χ4n) is 1.99. The Morgan fingerprint density at radius 1 is 1.32 bits per heavy atom. The van der Waals surface area contributed by atoms with Crippen LogP contribution in [-0.2, 0) is 0 Å². The molecule has 0 atom stereocenters. The fraction of sp³-hybridized carbons (Fsp3) is 0.389. The van der Waals surface area contributed by atoms with Gasteiger partial charge < -0.3 is 21.1 Å². The van der Waals surface area contributed by atoms with E-state index in [1.165, 1.54) is 0 Å². The fourth-order valence-corrected chi connectivity index (χ4v) is 1.99. The van der Waals surface area contributed by atoms with Crippen molar-refractivity contribution in [2.75, 3.05) is 30.8 Å². The highest BCUT2D eigenvalue weighted by Gasteiger charge is 2.06. The second-order valence-electron chi connectivity index (χ2n) is 5.29. The van der Waals surface area contributed by atoms with Crippen molar-refractivity contribution >= 4 is 17.5 Å². The molecule has 2 heterocycles. The van der Waals surface area contributed by atoms with Crippen molar-refractivity contribution in [3.63, 3.8) is 0 Å². The molecule has 0 aromatic carbocycles. The summed E-state index contributed by atoms with van der Waals surface area (Å²) >= 11 is 0. The highest BCUT2D eigenvalue weighted by Crippen LogP contribution is 2.19. The SMILES string of the molecule is CCCNc1nc(Nc2ccnc(OC)c2)ncc1C#CCCCN. The van der Waals surface area contributed by atoms with E-state index < -0.39 is 0 Å². The maximum absolute atomic E-state index is 5.49. The number of nitrogens with one attached hydrogen (secondary N) is 2. The van der Waals surface area contributed by atoms with E-state index in [2.05, 4.69) is 44.4 Å². The third-order valence-electron chi connectivity index (χ3n) is 3.26. The zero-order chi connectivity index (χ0) is 17.9. The number of pyridine rings is 1. The molecule has 0 amide bonds. The molecule has 0 radical (unpaired) electrons. The van der Waals surface area contributed by atoms with Gasteiger partial charge in [0.15, 0.2) is 0 Å². The van der Waals surface area contributed by atoms with Crippen LogP contribution >= 0.6 is 0 Å². The van der Waals surface area contributed by atoms with Gasteiger partial charge in [0.1, 0.15) is 5.82 Å². The lowest BCUT2D eigenvalue weighted by atomic mass is 10.2. The summed E-state index contributed by atoms with van der Waals surface area (Å²) in [6.07, 6.45) is 6.03. The number of methoxy groups -OCH3 is 1. The van der Waals surface area contributed by atoms with Gasteiger partial charge in [0.2, 0.25) is 11.8 Å². The summed E-state index contributed by atoms with van der Waals surface area (Å²) in [5, 5.41) is 6.45. The second-order valence-corrected chi connectivity index (χ2v) is 5.29. The molecule has 2 rings (SSSR count). The Morgan fingerprint density at radius 3 is 2.96 bits per heavy atom.